The molecule has 3 aromatic carbocycles. The summed E-state index contributed by atoms with van der Waals surface area (Å²) in [4.78, 5) is 12.5. The third-order valence-corrected chi connectivity index (χ3v) is 5.24. The van der Waals surface area contributed by atoms with E-state index in [0.29, 0.717) is 33.5 Å². The van der Waals surface area contributed by atoms with Crippen LogP contribution in [0.2, 0.25) is 10.0 Å². The van der Waals surface area contributed by atoms with E-state index in [4.69, 9.17) is 27.9 Å². The zero-order chi connectivity index (χ0) is 21.3. The van der Waals surface area contributed by atoms with E-state index < -0.39 is 0 Å². The predicted molar refractivity (Wildman–Crippen MR) is 125 cm³/mol. The van der Waals surface area contributed by atoms with E-state index in [-0.39, 0.29) is 5.91 Å². The van der Waals surface area contributed by atoms with Gasteiger partial charge in [-0.05, 0) is 41.0 Å². The molecule has 0 saturated carbocycles. The van der Waals surface area contributed by atoms with Crippen molar-refractivity contribution in [3.8, 4) is 5.75 Å². The highest BCUT2D eigenvalue weighted by molar-refractivity contribution is 6.37. The van der Waals surface area contributed by atoms with Gasteiger partial charge in [0.2, 0.25) is 0 Å². The molecule has 1 N–H and O–H groups in total. The second kappa shape index (κ2) is 11.0. The molecule has 0 atom stereocenters. The van der Waals surface area contributed by atoms with Crippen molar-refractivity contribution in [3.05, 3.63) is 75.8 Å². The first-order chi connectivity index (χ1) is 14.6. The van der Waals surface area contributed by atoms with Gasteiger partial charge in [0.05, 0.1) is 22.9 Å². The Bertz CT molecular complexity index is 1020. The topological polar surface area (TPSA) is 50.7 Å². The van der Waals surface area contributed by atoms with Crippen LogP contribution in [0, 0.1) is 0 Å². The van der Waals surface area contributed by atoms with Crippen LogP contribution in [0.4, 0.5) is 0 Å². The number of hydrazone groups is 1. The fourth-order valence-corrected chi connectivity index (χ4v) is 3.76. The fraction of sp³-hybridized carbons (Fsp3) is 0.250. The summed E-state index contributed by atoms with van der Waals surface area (Å²) in [5.41, 5.74) is 3.79. The molecule has 0 aromatic heterocycles. The first kappa shape index (κ1) is 22.1. The van der Waals surface area contributed by atoms with Crippen molar-refractivity contribution >= 4 is 46.1 Å². The average Bonchev–Trinajstić information content (AvgIpc) is 2.74. The first-order valence-corrected chi connectivity index (χ1v) is 10.8. The van der Waals surface area contributed by atoms with Crippen molar-refractivity contribution in [2.75, 3.05) is 6.61 Å². The Kier molecular flexibility index (Phi) is 8.12. The molecule has 0 fully saturated rings. The molecule has 0 aliphatic rings. The van der Waals surface area contributed by atoms with E-state index in [1.54, 1.807) is 18.2 Å². The van der Waals surface area contributed by atoms with Crippen LogP contribution in [-0.2, 0) is 0 Å². The Balaban J connectivity index is 1.64. The Morgan fingerprint density at radius 3 is 2.53 bits per heavy atom. The highest BCUT2D eigenvalue weighted by Crippen LogP contribution is 2.34. The third kappa shape index (κ3) is 5.74. The summed E-state index contributed by atoms with van der Waals surface area (Å²) in [6.07, 6.45) is 5.94. The van der Waals surface area contributed by atoms with Crippen LogP contribution in [0.3, 0.4) is 0 Å². The minimum absolute atomic E-state index is 0.285. The van der Waals surface area contributed by atoms with Gasteiger partial charge in [-0.25, -0.2) is 5.43 Å². The molecule has 0 aliphatic carbocycles. The summed E-state index contributed by atoms with van der Waals surface area (Å²) in [6, 6.07) is 16.7. The number of hydrogen-bond donors (Lipinski definition) is 1. The lowest BCUT2D eigenvalue weighted by molar-refractivity contribution is 0.0957. The number of ether oxygens (including phenoxy) is 1. The SMILES string of the molecule is CCCCCCOc1c(Cl)cc(/C=N/NC(=O)c2cccc3ccccc23)cc1Cl. The van der Waals surface area contributed by atoms with Gasteiger partial charge in [0.1, 0.15) is 0 Å². The van der Waals surface area contributed by atoms with Crippen molar-refractivity contribution in [3.63, 3.8) is 0 Å². The molecule has 0 radical (unpaired) electrons. The second-order valence-electron chi connectivity index (χ2n) is 6.95. The molecule has 0 aliphatic heterocycles. The smallest absolute Gasteiger partial charge is 0.271 e. The number of carbonyl (C=O) groups excluding carboxylic acids is 1. The predicted octanol–water partition coefficient (Wildman–Crippen LogP) is 6.87. The summed E-state index contributed by atoms with van der Waals surface area (Å²) in [7, 11) is 0. The molecule has 1 amide bonds. The van der Waals surface area contributed by atoms with Crippen LogP contribution in [0.5, 0.6) is 5.75 Å². The molecule has 0 saturated heterocycles. The largest absolute Gasteiger partial charge is 0.490 e. The van der Waals surface area contributed by atoms with E-state index in [9.17, 15) is 4.79 Å². The van der Waals surface area contributed by atoms with Crippen molar-refractivity contribution in [1.29, 1.82) is 0 Å². The molecule has 0 spiro atoms. The number of hydrogen-bond acceptors (Lipinski definition) is 3. The molecule has 0 unspecified atom stereocenters. The average molecular weight is 443 g/mol. The van der Waals surface area contributed by atoms with Gasteiger partial charge in [-0.15, -0.1) is 0 Å². The number of nitrogens with one attached hydrogen (secondary N) is 1. The maximum absolute atomic E-state index is 12.5. The van der Waals surface area contributed by atoms with Crippen LogP contribution in [0.1, 0.15) is 48.5 Å². The van der Waals surface area contributed by atoms with Gasteiger partial charge < -0.3 is 4.74 Å². The van der Waals surface area contributed by atoms with E-state index in [2.05, 4.69) is 17.5 Å². The summed E-state index contributed by atoms with van der Waals surface area (Å²) < 4.78 is 5.73. The molecule has 3 aromatic rings. The number of fused-ring (bicyclic) bond motifs is 1. The molecule has 4 nitrogen and oxygen atoms in total. The maximum atomic E-state index is 12.5. The van der Waals surface area contributed by atoms with E-state index in [1.807, 2.05) is 36.4 Å². The lowest BCUT2D eigenvalue weighted by Gasteiger charge is -2.10. The van der Waals surface area contributed by atoms with Gasteiger partial charge in [0, 0.05) is 5.56 Å². The number of carbonyl (C=O) groups is 1. The van der Waals surface area contributed by atoms with Crippen LogP contribution in [-0.4, -0.2) is 18.7 Å². The highest BCUT2D eigenvalue weighted by Gasteiger charge is 2.10. The molecule has 0 bridgehead atoms. The monoisotopic (exact) mass is 442 g/mol. The van der Waals surface area contributed by atoms with Crippen molar-refractivity contribution < 1.29 is 9.53 Å². The fourth-order valence-electron chi connectivity index (χ4n) is 3.14. The summed E-state index contributed by atoms with van der Waals surface area (Å²) in [6.45, 7) is 2.74. The number of rotatable bonds is 9. The number of unbranched alkanes of at least 4 members (excludes halogenated alkanes) is 3. The highest BCUT2D eigenvalue weighted by atomic mass is 35.5. The van der Waals surface area contributed by atoms with Gasteiger partial charge in [-0.3, -0.25) is 4.79 Å². The minimum atomic E-state index is -0.285. The Morgan fingerprint density at radius 1 is 1.03 bits per heavy atom. The van der Waals surface area contributed by atoms with Gasteiger partial charge in [-0.2, -0.15) is 5.10 Å². The molecule has 3 rings (SSSR count). The normalized spacial score (nSPS) is 11.2. The first-order valence-electron chi connectivity index (χ1n) is 10.0. The zero-order valence-corrected chi connectivity index (χ0v) is 18.3. The lowest BCUT2D eigenvalue weighted by atomic mass is 10.0. The van der Waals surface area contributed by atoms with Crippen LogP contribution >= 0.6 is 23.2 Å². The molecular weight excluding hydrogens is 419 g/mol. The zero-order valence-electron chi connectivity index (χ0n) is 16.8. The standard InChI is InChI=1S/C24H24Cl2N2O2/c1-2-3-4-7-13-30-23-21(25)14-17(15-22(23)26)16-27-28-24(29)20-12-8-10-18-9-5-6-11-19(18)20/h5-6,8-12,14-16H,2-4,7,13H2,1H3,(H,28,29)/b27-16+. The van der Waals surface area contributed by atoms with Crippen LogP contribution < -0.4 is 10.2 Å². The summed E-state index contributed by atoms with van der Waals surface area (Å²) >= 11 is 12.6. The quantitative estimate of drug-likeness (QED) is 0.223. The van der Waals surface area contributed by atoms with Gasteiger partial charge in [0.15, 0.2) is 5.75 Å². The van der Waals surface area contributed by atoms with Crippen molar-refractivity contribution in [2.45, 2.75) is 32.6 Å². The Labute approximate surface area is 186 Å². The van der Waals surface area contributed by atoms with E-state index in [0.717, 1.165) is 23.6 Å². The van der Waals surface area contributed by atoms with E-state index in [1.165, 1.54) is 19.1 Å². The minimum Gasteiger partial charge on any atom is -0.490 e. The molecule has 30 heavy (non-hydrogen) atoms. The lowest BCUT2D eigenvalue weighted by Crippen LogP contribution is -2.17. The van der Waals surface area contributed by atoms with Crippen LogP contribution in [0.25, 0.3) is 10.8 Å². The number of benzene rings is 3. The molecule has 156 valence electrons. The third-order valence-electron chi connectivity index (χ3n) is 4.68. The molecular formula is C24H24Cl2N2O2. The summed E-state index contributed by atoms with van der Waals surface area (Å²) in [5, 5.41) is 6.76. The van der Waals surface area contributed by atoms with Crippen LogP contribution in [0.15, 0.2) is 59.7 Å². The summed E-state index contributed by atoms with van der Waals surface area (Å²) in [5.74, 6) is 0.194. The van der Waals surface area contributed by atoms with Gasteiger partial charge in [0.25, 0.3) is 5.91 Å². The molecule has 0 heterocycles. The Hall–Kier alpha value is -2.56. The molecule has 6 heteroatoms. The number of amides is 1. The van der Waals surface area contributed by atoms with E-state index >= 15 is 0 Å². The van der Waals surface area contributed by atoms with Crippen molar-refractivity contribution in [1.82, 2.24) is 5.43 Å². The number of nitrogens with zero attached hydrogens (tertiary/aromatic N) is 1. The van der Waals surface area contributed by atoms with Gasteiger partial charge >= 0.3 is 0 Å². The second-order valence-corrected chi connectivity index (χ2v) is 7.76. The Morgan fingerprint density at radius 2 is 1.77 bits per heavy atom. The van der Waals surface area contributed by atoms with Gasteiger partial charge in [-0.1, -0.05) is 85.8 Å². The van der Waals surface area contributed by atoms with Crippen molar-refractivity contribution in [2.24, 2.45) is 5.10 Å². The maximum Gasteiger partial charge on any atom is 0.271 e. The number of halogens is 2.